The lowest BCUT2D eigenvalue weighted by atomic mass is 10.2. The molecule has 1 aliphatic rings. The van der Waals surface area contributed by atoms with E-state index in [1.165, 1.54) is 0 Å². The standard InChI is InChI=1S/C12H18N2O2/c1-2-13-5-6-14-10-3-4-11-12(9-10)16-8-7-15-11/h3-4,9,13-14H,2,5-8H2,1H3. The third-order valence-electron chi connectivity index (χ3n) is 2.42. The molecule has 0 bridgehead atoms. The van der Waals surface area contributed by atoms with E-state index in [1.54, 1.807) is 0 Å². The highest BCUT2D eigenvalue weighted by Crippen LogP contribution is 2.32. The largest absolute Gasteiger partial charge is 0.486 e. The van der Waals surface area contributed by atoms with E-state index in [1.807, 2.05) is 18.2 Å². The Bertz CT molecular complexity index is 342. The Hall–Kier alpha value is -1.42. The average molecular weight is 222 g/mol. The van der Waals surface area contributed by atoms with Crippen molar-refractivity contribution in [1.29, 1.82) is 0 Å². The Morgan fingerprint density at radius 1 is 1.12 bits per heavy atom. The molecule has 0 radical (unpaired) electrons. The lowest BCUT2D eigenvalue weighted by molar-refractivity contribution is 0.171. The van der Waals surface area contributed by atoms with E-state index in [-0.39, 0.29) is 0 Å². The van der Waals surface area contributed by atoms with Crippen LogP contribution in [0.1, 0.15) is 6.92 Å². The number of anilines is 1. The quantitative estimate of drug-likeness (QED) is 0.741. The zero-order chi connectivity index (χ0) is 11.2. The molecule has 0 spiro atoms. The van der Waals surface area contributed by atoms with E-state index >= 15 is 0 Å². The number of fused-ring (bicyclic) bond motifs is 1. The van der Waals surface area contributed by atoms with Crippen LogP contribution in [0.3, 0.4) is 0 Å². The van der Waals surface area contributed by atoms with Gasteiger partial charge in [0.15, 0.2) is 11.5 Å². The van der Waals surface area contributed by atoms with Crippen LogP contribution < -0.4 is 20.1 Å². The maximum atomic E-state index is 5.51. The molecule has 0 saturated heterocycles. The molecule has 4 nitrogen and oxygen atoms in total. The van der Waals surface area contributed by atoms with Crippen molar-refractivity contribution in [1.82, 2.24) is 5.32 Å². The van der Waals surface area contributed by atoms with Gasteiger partial charge in [-0.2, -0.15) is 0 Å². The number of benzene rings is 1. The van der Waals surface area contributed by atoms with Crippen LogP contribution in [-0.4, -0.2) is 32.8 Å². The second-order valence-corrected chi connectivity index (χ2v) is 3.64. The smallest absolute Gasteiger partial charge is 0.163 e. The number of likely N-dealkylation sites (N-methyl/N-ethyl adjacent to an activating group) is 1. The monoisotopic (exact) mass is 222 g/mol. The van der Waals surface area contributed by atoms with Gasteiger partial charge in [0.25, 0.3) is 0 Å². The summed E-state index contributed by atoms with van der Waals surface area (Å²) >= 11 is 0. The molecule has 16 heavy (non-hydrogen) atoms. The SMILES string of the molecule is CCNCCNc1ccc2c(c1)OCCO2. The van der Waals surface area contributed by atoms with Gasteiger partial charge in [0.05, 0.1) is 0 Å². The van der Waals surface area contributed by atoms with Crippen molar-refractivity contribution < 1.29 is 9.47 Å². The Morgan fingerprint density at radius 2 is 1.94 bits per heavy atom. The summed E-state index contributed by atoms with van der Waals surface area (Å²) in [7, 11) is 0. The highest BCUT2D eigenvalue weighted by atomic mass is 16.6. The van der Waals surface area contributed by atoms with Crippen molar-refractivity contribution in [3.63, 3.8) is 0 Å². The number of ether oxygens (including phenoxy) is 2. The molecule has 2 rings (SSSR count). The first-order valence-corrected chi connectivity index (χ1v) is 5.74. The summed E-state index contributed by atoms with van der Waals surface area (Å²) in [6.45, 7) is 6.25. The molecule has 0 aromatic heterocycles. The van der Waals surface area contributed by atoms with Crippen LogP contribution in [0.2, 0.25) is 0 Å². The van der Waals surface area contributed by atoms with Gasteiger partial charge in [0.1, 0.15) is 13.2 Å². The molecule has 0 unspecified atom stereocenters. The Kier molecular flexibility index (Phi) is 3.88. The third-order valence-corrected chi connectivity index (χ3v) is 2.42. The lowest BCUT2D eigenvalue weighted by Crippen LogP contribution is -2.21. The van der Waals surface area contributed by atoms with Crippen LogP contribution in [0.15, 0.2) is 18.2 Å². The molecular formula is C12H18N2O2. The molecule has 0 atom stereocenters. The minimum Gasteiger partial charge on any atom is -0.486 e. The predicted octanol–water partition coefficient (Wildman–Crippen LogP) is 1.48. The van der Waals surface area contributed by atoms with Crippen molar-refractivity contribution >= 4 is 5.69 Å². The van der Waals surface area contributed by atoms with E-state index in [9.17, 15) is 0 Å². The summed E-state index contributed by atoms with van der Waals surface area (Å²) in [5.41, 5.74) is 1.07. The maximum Gasteiger partial charge on any atom is 0.163 e. The van der Waals surface area contributed by atoms with Crippen molar-refractivity contribution in [2.45, 2.75) is 6.92 Å². The molecule has 1 aromatic carbocycles. The van der Waals surface area contributed by atoms with E-state index in [0.29, 0.717) is 13.2 Å². The van der Waals surface area contributed by atoms with Crippen LogP contribution in [-0.2, 0) is 0 Å². The van der Waals surface area contributed by atoms with Crippen LogP contribution in [0.4, 0.5) is 5.69 Å². The Morgan fingerprint density at radius 3 is 2.75 bits per heavy atom. The van der Waals surface area contributed by atoms with Crippen LogP contribution in [0, 0.1) is 0 Å². The van der Waals surface area contributed by atoms with E-state index < -0.39 is 0 Å². The fraction of sp³-hybridized carbons (Fsp3) is 0.500. The second-order valence-electron chi connectivity index (χ2n) is 3.64. The summed E-state index contributed by atoms with van der Waals surface area (Å²) in [5, 5.41) is 6.59. The maximum absolute atomic E-state index is 5.51. The van der Waals surface area contributed by atoms with Crippen LogP contribution >= 0.6 is 0 Å². The fourth-order valence-corrected chi connectivity index (χ4v) is 1.63. The molecule has 0 saturated carbocycles. The number of hydrogen-bond donors (Lipinski definition) is 2. The molecule has 2 N–H and O–H groups in total. The first-order chi connectivity index (χ1) is 7.90. The normalized spacial score (nSPS) is 13.6. The van der Waals surface area contributed by atoms with Gasteiger partial charge in [-0.1, -0.05) is 6.92 Å². The zero-order valence-corrected chi connectivity index (χ0v) is 9.58. The summed E-state index contributed by atoms with van der Waals surface area (Å²) < 4.78 is 11.0. The molecule has 0 amide bonds. The molecule has 1 aliphatic heterocycles. The third kappa shape index (κ3) is 2.79. The van der Waals surface area contributed by atoms with E-state index in [0.717, 1.165) is 36.8 Å². The summed E-state index contributed by atoms with van der Waals surface area (Å²) in [5.74, 6) is 1.67. The summed E-state index contributed by atoms with van der Waals surface area (Å²) in [4.78, 5) is 0. The highest BCUT2D eigenvalue weighted by Gasteiger charge is 2.11. The van der Waals surface area contributed by atoms with Crippen molar-refractivity contribution in [2.24, 2.45) is 0 Å². The van der Waals surface area contributed by atoms with Crippen LogP contribution in [0.25, 0.3) is 0 Å². The van der Waals surface area contributed by atoms with E-state index in [4.69, 9.17) is 9.47 Å². The molecule has 4 heteroatoms. The lowest BCUT2D eigenvalue weighted by Gasteiger charge is -2.19. The minimum atomic E-state index is 0.633. The van der Waals surface area contributed by atoms with Gasteiger partial charge in [0, 0.05) is 24.8 Å². The van der Waals surface area contributed by atoms with Gasteiger partial charge >= 0.3 is 0 Å². The molecular weight excluding hydrogens is 204 g/mol. The fourth-order valence-electron chi connectivity index (χ4n) is 1.63. The Labute approximate surface area is 95.9 Å². The second kappa shape index (κ2) is 5.61. The van der Waals surface area contributed by atoms with Gasteiger partial charge in [0.2, 0.25) is 0 Å². The predicted molar refractivity (Wildman–Crippen MR) is 64.5 cm³/mol. The number of rotatable bonds is 5. The molecule has 1 heterocycles. The average Bonchev–Trinajstić information content (AvgIpc) is 2.34. The topological polar surface area (TPSA) is 42.5 Å². The number of hydrogen-bond acceptors (Lipinski definition) is 4. The first-order valence-electron chi connectivity index (χ1n) is 5.74. The van der Waals surface area contributed by atoms with Crippen LogP contribution in [0.5, 0.6) is 11.5 Å². The molecule has 0 aliphatic carbocycles. The molecule has 1 aromatic rings. The van der Waals surface area contributed by atoms with E-state index in [2.05, 4.69) is 17.6 Å². The highest BCUT2D eigenvalue weighted by molar-refractivity contribution is 5.55. The van der Waals surface area contributed by atoms with Gasteiger partial charge in [-0.05, 0) is 18.7 Å². The van der Waals surface area contributed by atoms with Gasteiger partial charge in [-0.25, -0.2) is 0 Å². The van der Waals surface area contributed by atoms with Gasteiger partial charge in [-0.15, -0.1) is 0 Å². The van der Waals surface area contributed by atoms with Gasteiger partial charge < -0.3 is 20.1 Å². The number of nitrogens with one attached hydrogen (secondary N) is 2. The van der Waals surface area contributed by atoms with Crippen molar-refractivity contribution in [3.05, 3.63) is 18.2 Å². The van der Waals surface area contributed by atoms with Gasteiger partial charge in [-0.3, -0.25) is 0 Å². The minimum absolute atomic E-state index is 0.633. The van der Waals surface area contributed by atoms with Crippen molar-refractivity contribution in [2.75, 3.05) is 38.2 Å². The summed E-state index contributed by atoms with van der Waals surface area (Å²) in [6, 6.07) is 5.95. The molecule has 88 valence electrons. The molecule has 0 fully saturated rings. The Balaban J connectivity index is 1.90. The summed E-state index contributed by atoms with van der Waals surface area (Å²) in [6.07, 6.45) is 0. The zero-order valence-electron chi connectivity index (χ0n) is 9.58. The first kappa shape index (κ1) is 11.1. The van der Waals surface area contributed by atoms with Crippen molar-refractivity contribution in [3.8, 4) is 11.5 Å².